The van der Waals surface area contributed by atoms with Gasteiger partial charge in [0.1, 0.15) is 23.9 Å². The molecule has 0 spiro atoms. The molecule has 0 radical (unpaired) electrons. The van der Waals surface area contributed by atoms with E-state index in [9.17, 15) is 9.59 Å². The highest BCUT2D eigenvalue weighted by Gasteiger charge is 2.44. The van der Waals surface area contributed by atoms with Crippen molar-refractivity contribution in [1.82, 2.24) is 4.90 Å². The Morgan fingerprint density at radius 1 is 1.52 bits per heavy atom. The van der Waals surface area contributed by atoms with Gasteiger partial charge >= 0.3 is 5.97 Å². The van der Waals surface area contributed by atoms with Gasteiger partial charge in [-0.3, -0.25) is 9.59 Å². The van der Waals surface area contributed by atoms with Crippen LogP contribution in [-0.2, 0) is 14.3 Å². The van der Waals surface area contributed by atoms with Crippen LogP contribution in [0.25, 0.3) is 6.08 Å². The highest BCUT2D eigenvalue weighted by molar-refractivity contribution is 5.93. The molecule has 1 fully saturated rings. The third-order valence-corrected chi connectivity index (χ3v) is 3.02. The maximum atomic E-state index is 11.8. The number of rotatable bonds is 4. The fraction of sp³-hybridized carbons (Fsp3) is 0.467. The number of β-lactam (4-membered cyclic amide) rings is 1. The predicted octanol–water partition coefficient (Wildman–Crippen LogP) is 1.17. The summed E-state index contributed by atoms with van der Waals surface area (Å²) in [6.45, 7) is 5.24. The number of hydrogen-bond donors (Lipinski definition) is 1. The molecule has 0 saturated carbocycles. The number of carbonyl (C=O) groups excluding carboxylic acids is 2. The molecule has 6 nitrogen and oxygen atoms in total. The van der Waals surface area contributed by atoms with Crippen molar-refractivity contribution in [1.29, 1.82) is 0 Å². The molecule has 1 saturated heterocycles. The van der Waals surface area contributed by atoms with Crippen LogP contribution in [0.3, 0.4) is 0 Å². The van der Waals surface area contributed by atoms with E-state index < -0.39 is 17.6 Å². The number of carbonyl (C=O) groups is 2. The molecular weight excluding hydrogens is 272 g/mol. The zero-order chi connectivity index (χ0) is 15.6. The highest BCUT2D eigenvalue weighted by atomic mass is 16.6. The van der Waals surface area contributed by atoms with Crippen molar-refractivity contribution in [3.8, 4) is 0 Å². The summed E-state index contributed by atoms with van der Waals surface area (Å²) in [7, 11) is 0. The van der Waals surface area contributed by atoms with Crippen molar-refractivity contribution >= 4 is 18.0 Å². The van der Waals surface area contributed by atoms with Crippen LogP contribution in [0.2, 0.25) is 0 Å². The zero-order valence-electron chi connectivity index (χ0n) is 12.4. The molecule has 0 aliphatic carbocycles. The van der Waals surface area contributed by atoms with Crippen LogP contribution in [-0.4, -0.2) is 41.0 Å². The second kappa shape index (κ2) is 5.73. The number of hydrogen-bond acceptors (Lipinski definition) is 5. The minimum atomic E-state index is -0.626. The Morgan fingerprint density at radius 3 is 2.81 bits per heavy atom. The SMILES string of the molecule is CC(C)(C)OC(=O)CN1C(=O)[C@@H](N)[C@H]1/C=C/c1ccco1. The maximum absolute atomic E-state index is 11.8. The van der Waals surface area contributed by atoms with Gasteiger partial charge in [0.15, 0.2) is 0 Å². The Labute approximate surface area is 123 Å². The Kier molecular flexibility index (Phi) is 4.18. The van der Waals surface area contributed by atoms with E-state index in [-0.39, 0.29) is 18.5 Å². The second-order valence-corrected chi connectivity index (χ2v) is 5.94. The van der Waals surface area contributed by atoms with Gasteiger partial charge in [0.25, 0.3) is 0 Å². The molecule has 1 amide bonds. The number of furan rings is 1. The molecular formula is C15H20N2O4. The van der Waals surface area contributed by atoms with Crippen LogP contribution in [0.5, 0.6) is 0 Å². The fourth-order valence-electron chi connectivity index (χ4n) is 2.10. The lowest BCUT2D eigenvalue weighted by molar-refractivity contribution is -0.164. The zero-order valence-corrected chi connectivity index (χ0v) is 12.4. The molecule has 2 heterocycles. The first kappa shape index (κ1) is 15.3. The van der Waals surface area contributed by atoms with Crippen LogP contribution in [0.1, 0.15) is 26.5 Å². The third-order valence-electron chi connectivity index (χ3n) is 3.02. The first-order valence-electron chi connectivity index (χ1n) is 6.77. The van der Waals surface area contributed by atoms with E-state index in [4.69, 9.17) is 14.9 Å². The predicted molar refractivity (Wildman–Crippen MR) is 77.1 cm³/mol. The lowest BCUT2D eigenvalue weighted by Crippen LogP contribution is -2.68. The van der Waals surface area contributed by atoms with E-state index in [0.717, 1.165) is 0 Å². The van der Waals surface area contributed by atoms with Gasteiger partial charge in [-0.1, -0.05) is 6.08 Å². The molecule has 0 unspecified atom stereocenters. The Bertz CT molecular complexity index is 543. The molecule has 6 heteroatoms. The first-order chi connectivity index (χ1) is 9.78. The first-order valence-corrected chi connectivity index (χ1v) is 6.77. The van der Waals surface area contributed by atoms with E-state index in [1.807, 2.05) is 0 Å². The van der Waals surface area contributed by atoms with Crippen molar-refractivity contribution in [2.45, 2.75) is 38.5 Å². The second-order valence-electron chi connectivity index (χ2n) is 5.94. The lowest BCUT2D eigenvalue weighted by atomic mass is 9.95. The van der Waals surface area contributed by atoms with Gasteiger partial charge in [0.2, 0.25) is 5.91 Å². The summed E-state index contributed by atoms with van der Waals surface area (Å²) in [5.41, 5.74) is 5.20. The van der Waals surface area contributed by atoms with E-state index in [1.165, 1.54) is 4.90 Å². The minimum Gasteiger partial charge on any atom is -0.465 e. The Hall–Kier alpha value is -2.08. The van der Waals surface area contributed by atoms with Gasteiger partial charge in [-0.25, -0.2) is 0 Å². The topological polar surface area (TPSA) is 85.8 Å². The third kappa shape index (κ3) is 3.72. The molecule has 2 atom stereocenters. The number of amides is 1. The van der Waals surface area contributed by atoms with Crippen molar-refractivity contribution < 1.29 is 18.7 Å². The number of esters is 1. The number of nitrogens with two attached hydrogens (primary N) is 1. The van der Waals surface area contributed by atoms with Crippen molar-refractivity contribution in [2.24, 2.45) is 5.73 Å². The summed E-state index contributed by atoms with van der Waals surface area (Å²) >= 11 is 0. The molecule has 1 aliphatic rings. The molecule has 1 aromatic rings. The molecule has 114 valence electrons. The van der Waals surface area contributed by atoms with Gasteiger partial charge in [-0.05, 0) is 39.0 Å². The molecule has 2 rings (SSSR count). The van der Waals surface area contributed by atoms with Crippen LogP contribution >= 0.6 is 0 Å². The maximum Gasteiger partial charge on any atom is 0.326 e. The number of likely N-dealkylation sites (tertiary alicyclic amines) is 1. The van der Waals surface area contributed by atoms with Gasteiger partial charge in [0.05, 0.1) is 12.3 Å². The monoisotopic (exact) mass is 292 g/mol. The Balaban J connectivity index is 1.97. The van der Waals surface area contributed by atoms with Crippen LogP contribution < -0.4 is 5.73 Å². The molecule has 1 aromatic heterocycles. The normalized spacial score (nSPS) is 22.5. The van der Waals surface area contributed by atoms with Gasteiger partial charge in [-0.15, -0.1) is 0 Å². The summed E-state index contributed by atoms with van der Waals surface area (Å²) in [6, 6.07) is 2.61. The lowest BCUT2D eigenvalue weighted by Gasteiger charge is -2.43. The van der Waals surface area contributed by atoms with Crippen molar-refractivity contribution in [2.75, 3.05) is 6.54 Å². The minimum absolute atomic E-state index is 0.100. The van der Waals surface area contributed by atoms with Gasteiger partial charge in [0, 0.05) is 0 Å². The molecule has 1 aliphatic heterocycles. The van der Waals surface area contributed by atoms with Crippen molar-refractivity contribution in [3.05, 3.63) is 30.2 Å². The average Bonchev–Trinajstić information content (AvgIpc) is 2.88. The summed E-state index contributed by atoms with van der Waals surface area (Å²) < 4.78 is 10.4. The molecule has 0 aromatic carbocycles. The average molecular weight is 292 g/mol. The molecule has 21 heavy (non-hydrogen) atoms. The van der Waals surface area contributed by atoms with E-state index in [0.29, 0.717) is 5.76 Å². The van der Waals surface area contributed by atoms with Crippen LogP contribution in [0, 0.1) is 0 Å². The number of ether oxygens (including phenoxy) is 1. The summed E-state index contributed by atoms with van der Waals surface area (Å²) in [5, 5.41) is 0. The molecule has 0 bridgehead atoms. The molecule has 2 N–H and O–H groups in total. The quantitative estimate of drug-likeness (QED) is 0.665. The van der Waals surface area contributed by atoms with Crippen LogP contribution in [0.15, 0.2) is 28.9 Å². The standard InChI is InChI=1S/C15H20N2O4/c1-15(2,3)21-12(18)9-17-11(13(16)14(17)19)7-6-10-5-4-8-20-10/h4-8,11,13H,9,16H2,1-3H3/b7-6+/t11-,13+/m1/s1. The summed E-state index contributed by atoms with van der Waals surface area (Å²) in [5.74, 6) is -0.0344. The number of nitrogens with zero attached hydrogens (tertiary/aromatic N) is 1. The smallest absolute Gasteiger partial charge is 0.326 e. The van der Waals surface area contributed by atoms with Gasteiger partial charge < -0.3 is 19.8 Å². The van der Waals surface area contributed by atoms with E-state index >= 15 is 0 Å². The largest absolute Gasteiger partial charge is 0.465 e. The van der Waals surface area contributed by atoms with E-state index in [2.05, 4.69) is 0 Å². The summed E-state index contributed by atoms with van der Waals surface area (Å²) in [6.07, 6.45) is 5.05. The van der Waals surface area contributed by atoms with E-state index in [1.54, 1.807) is 51.3 Å². The highest BCUT2D eigenvalue weighted by Crippen LogP contribution is 2.21. The Morgan fingerprint density at radius 2 is 2.24 bits per heavy atom. The van der Waals surface area contributed by atoms with Gasteiger partial charge in [-0.2, -0.15) is 0 Å². The fourth-order valence-corrected chi connectivity index (χ4v) is 2.10. The van der Waals surface area contributed by atoms with Crippen LogP contribution in [0.4, 0.5) is 0 Å². The van der Waals surface area contributed by atoms with Crippen molar-refractivity contribution in [3.63, 3.8) is 0 Å². The summed E-state index contributed by atoms with van der Waals surface area (Å²) in [4.78, 5) is 25.0.